The van der Waals surface area contributed by atoms with Gasteiger partial charge in [-0.2, -0.15) is 0 Å². The van der Waals surface area contributed by atoms with Crippen LogP contribution >= 0.6 is 0 Å². The molecule has 2 heterocycles. The minimum Gasteiger partial charge on any atom is -0.325 e. The van der Waals surface area contributed by atoms with Crippen molar-refractivity contribution in [2.24, 2.45) is 5.92 Å². The van der Waals surface area contributed by atoms with Gasteiger partial charge in [0.15, 0.2) is 0 Å². The van der Waals surface area contributed by atoms with Crippen molar-refractivity contribution in [3.05, 3.63) is 24.5 Å². The minimum atomic E-state index is 0.0736. The Bertz CT molecular complexity index is 308. The van der Waals surface area contributed by atoms with E-state index in [2.05, 4.69) is 15.6 Å². The summed E-state index contributed by atoms with van der Waals surface area (Å²) in [5.74, 6) is 0.580. The van der Waals surface area contributed by atoms with Gasteiger partial charge in [0.25, 0.3) is 0 Å². The zero-order valence-corrected chi connectivity index (χ0v) is 7.86. The van der Waals surface area contributed by atoms with Gasteiger partial charge in [0, 0.05) is 12.6 Å². The lowest BCUT2D eigenvalue weighted by molar-refractivity contribution is -0.117. The third-order valence-corrected chi connectivity index (χ3v) is 2.29. The fourth-order valence-corrected chi connectivity index (χ4v) is 1.40. The van der Waals surface area contributed by atoms with E-state index in [0.717, 1.165) is 18.8 Å². The van der Waals surface area contributed by atoms with Crippen molar-refractivity contribution in [1.29, 1.82) is 0 Å². The second-order valence-corrected chi connectivity index (χ2v) is 3.52. The molecule has 0 atom stereocenters. The third-order valence-electron chi connectivity index (χ3n) is 2.29. The van der Waals surface area contributed by atoms with Gasteiger partial charge in [0.1, 0.15) is 0 Å². The monoisotopic (exact) mass is 191 g/mol. The molecule has 0 aromatic carbocycles. The number of carbonyl (C=O) groups excluding carboxylic acids is 1. The molecule has 74 valence electrons. The maximum atomic E-state index is 11.4. The highest BCUT2D eigenvalue weighted by molar-refractivity contribution is 5.90. The first-order chi connectivity index (χ1) is 6.84. The van der Waals surface area contributed by atoms with Crippen molar-refractivity contribution in [1.82, 2.24) is 10.3 Å². The smallest absolute Gasteiger partial charge is 0.224 e. The van der Waals surface area contributed by atoms with Gasteiger partial charge in [0.2, 0.25) is 5.91 Å². The summed E-state index contributed by atoms with van der Waals surface area (Å²) in [5.41, 5.74) is 0.768. The molecule has 0 unspecified atom stereocenters. The molecule has 0 bridgehead atoms. The van der Waals surface area contributed by atoms with Crippen LogP contribution in [0.3, 0.4) is 0 Å². The summed E-state index contributed by atoms with van der Waals surface area (Å²) in [5, 5.41) is 5.95. The molecule has 2 N–H and O–H groups in total. The highest BCUT2D eigenvalue weighted by Crippen LogP contribution is 2.10. The number of nitrogens with zero attached hydrogens (tertiary/aromatic N) is 1. The van der Waals surface area contributed by atoms with Gasteiger partial charge in [-0.05, 0) is 31.1 Å². The predicted octanol–water partition coefficient (Wildman–Crippen LogP) is 0.630. The first-order valence-electron chi connectivity index (χ1n) is 4.75. The zero-order chi connectivity index (χ0) is 9.80. The quantitative estimate of drug-likeness (QED) is 0.736. The fourth-order valence-electron chi connectivity index (χ4n) is 1.40. The number of nitrogens with one attached hydrogen (secondary N) is 2. The lowest BCUT2D eigenvalue weighted by atomic mass is 9.99. The van der Waals surface area contributed by atoms with E-state index in [1.165, 1.54) is 0 Å². The molecule has 0 saturated carbocycles. The lowest BCUT2D eigenvalue weighted by Crippen LogP contribution is -2.43. The lowest BCUT2D eigenvalue weighted by Gasteiger charge is -2.26. The van der Waals surface area contributed by atoms with E-state index in [4.69, 9.17) is 0 Å². The Morgan fingerprint density at radius 3 is 3.07 bits per heavy atom. The summed E-state index contributed by atoms with van der Waals surface area (Å²) >= 11 is 0. The van der Waals surface area contributed by atoms with Crippen molar-refractivity contribution >= 4 is 11.6 Å². The molecule has 0 spiro atoms. The number of pyridine rings is 1. The second-order valence-electron chi connectivity index (χ2n) is 3.52. The van der Waals surface area contributed by atoms with Crippen LogP contribution in [-0.2, 0) is 4.79 Å². The molecule has 0 radical (unpaired) electrons. The van der Waals surface area contributed by atoms with Crippen molar-refractivity contribution < 1.29 is 4.79 Å². The molecule has 4 heteroatoms. The number of amides is 1. The molecule has 1 aromatic heterocycles. The van der Waals surface area contributed by atoms with E-state index < -0.39 is 0 Å². The molecular weight excluding hydrogens is 178 g/mol. The summed E-state index contributed by atoms with van der Waals surface area (Å²) in [6.07, 6.45) is 3.93. The maximum absolute atomic E-state index is 11.4. The molecule has 4 nitrogen and oxygen atoms in total. The van der Waals surface area contributed by atoms with Crippen LogP contribution in [-0.4, -0.2) is 24.0 Å². The Morgan fingerprint density at radius 2 is 2.50 bits per heavy atom. The van der Waals surface area contributed by atoms with Crippen LogP contribution in [0.25, 0.3) is 0 Å². The number of hydrogen-bond acceptors (Lipinski definition) is 3. The second kappa shape index (κ2) is 4.19. The number of aromatic nitrogens is 1. The van der Waals surface area contributed by atoms with Gasteiger partial charge in [-0.1, -0.05) is 0 Å². The summed E-state index contributed by atoms with van der Waals surface area (Å²) in [7, 11) is 0. The molecule has 1 fully saturated rings. The maximum Gasteiger partial charge on any atom is 0.224 e. The van der Waals surface area contributed by atoms with E-state index in [1.807, 2.05) is 6.07 Å². The molecular formula is C10H13N3O. The Hall–Kier alpha value is -1.42. The van der Waals surface area contributed by atoms with Crippen LogP contribution in [0, 0.1) is 5.92 Å². The van der Waals surface area contributed by atoms with Crippen molar-refractivity contribution in [3.8, 4) is 0 Å². The molecule has 2 rings (SSSR count). The van der Waals surface area contributed by atoms with Gasteiger partial charge in [0.05, 0.1) is 11.9 Å². The van der Waals surface area contributed by atoms with Crippen LogP contribution in [0.15, 0.2) is 24.5 Å². The molecule has 1 aromatic rings. The normalized spacial score (nSPS) is 16.0. The average Bonchev–Trinajstić information content (AvgIpc) is 2.13. The van der Waals surface area contributed by atoms with Crippen molar-refractivity contribution in [3.63, 3.8) is 0 Å². The van der Waals surface area contributed by atoms with Crippen LogP contribution in [0.4, 0.5) is 5.69 Å². The van der Waals surface area contributed by atoms with Crippen LogP contribution in [0.2, 0.25) is 0 Å². The summed E-state index contributed by atoms with van der Waals surface area (Å²) < 4.78 is 0. The molecule has 14 heavy (non-hydrogen) atoms. The fraction of sp³-hybridized carbons (Fsp3) is 0.400. The molecule has 1 aliphatic rings. The highest BCUT2D eigenvalue weighted by atomic mass is 16.1. The molecule has 1 saturated heterocycles. The van der Waals surface area contributed by atoms with E-state index >= 15 is 0 Å². The largest absolute Gasteiger partial charge is 0.325 e. The standard InChI is InChI=1S/C10H13N3O/c14-10(4-8-5-12-6-8)13-9-2-1-3-11-7-9/h1-3,7-8,12H,4-6H2,(H,13,14). The van der Waals surface area contributed by atoms with E-state index in [9.17, 15) is 4.79 Å². The summed E-state index contributed by atoms with van der Waals surface area (Å²) in [6, 6.07) is 3.64. The average molecular weight is 191 g/mol. The Kier molecular flexibility index (Phi) is 2.74. The van der Waals surface area contributed by atoms with Gasteiger partial charge in [-0.15, -0.1) is 0 Å². The number of rotatable bonds is 3. The van der Waals surface area contributed by atoms with E-state index in [0.29, 0.717) is 12.3 Å². The number of hydrogen-bond donors (Lipinski definition) is 2. The van der Waals surface area contributed by atoms with Gasteiger partial charge in [-0.3, -0.25) is 9.78 Å². The number of carbonyl (C=O) groups is 1. The van der Waals surface area contributed by atoms with E-state index in [-0.39, 0.29) is 5.91 Å². The first-order valence-corrected chi connectivity index (χ1v) is 4.75. The Balaban J connectivity index is 1.82. The predicted molar refractivity (Wildman–Crippen MR) is 53.8 cm³/mol. The molecule has 1 amide bonds. The Labute approximate surface area is 82.7 Å². The van der Waals surface area contributed by atoms with Crippen molar-refractivity contribution in [2.75, 3.05) is 18.4 Å². The topological polar surface area (TPSA) is 54.0 Å². The minimum absolute atomic E-state index is 0.0736. The van der Waals surface area contributed by atoms with Crippen molar-refractivity contribution in [2.45, 2.75) is 6.42 Å². The van der Waals surface area contributed by atoms with Crippen LogP contribution in [0.1, 0.15) is 6.42 Å². The first kappa shape index (κ1) is 9.15. The van der Waals surface area contributed by atoms with Gasteiger partial charge in [-0.25, -0.2) is 0 Å². The highest BCUT2D eigenvalue weighted by Gasteiger charge is 2.19. The van der Waals surface area contributed by atoms with Gasteiger partial charge < -0.3 is 10.6 Å². The van der Waals surface area contributed by atoms with E-state index in [1.54, 1.807) is 18.5 Å². The zero-order valence-electron chi connectivity index (χ0n) is 7.86. The van der Waals surface area contributed by atoms with Gasteiger partial charge >= 0.3 is 0 Å². The van der Waals surface area contributed by atoms with Crippen LogP contribution < -0.4 is 10.6 Å². The molecule has 1 aliphatic heterocycles. The Morgan fingerprint density at radius 1 is 1.64 bits per heavy atom. The number of anilines is 1. The summed E-state index contributed by atoms with van der Waals surface area (Å²) in [6.45, 7) is 1.92. The third kappa shape index (κ3) is 2.29. The van der Waals surface area contributed by atoms with Crippen LogP contribution in [0.5, 0.6) is 0 Å². The SMILES string of the molecule is O=C(CC1CNC1)Nc1cccnc1. The summed E-state index contributed by atoms with van der Waals surface area (Å²) in [4.78, 5) is 15.4. The molecule has 0 aliphatic carbocycles.